The molecule has 176 valence electrons. The summed E-state index contributed by atoms with van der Waals surface area (Å²) in [7, 11) is 0. The molecular formula is C30H21F5. The van der Waals surface area contributed by atoms with Crippen molar-refractivity contribution < 1.29 is 22.0 Å². The Labute approximate surface area is 200 Å². The standard InChI is InChI=1S/C30H21F5/c1-2-3-4-19-5-9-22(26(31)14-19)10-7-21-15-27(32)25(28(33)16-21)12-8-20-6-11-23-17-29(34)30(35)18-24(23)13-20/h2,5-6,9,11,13-18H,1,3-4,7,10H2. The number of allylic oxidation sites excluding steroid dienone is 1. The van der Waals surface area contributed by atoms with Crippen LogP contribution in [0.4, 0.5) is 22.0 Å². The third-order valence-corrected chi connectivity index (χ3v) is 5.75. The van der Waals surface area contributed by atoms with Gasteiger partial charge in [-0.1, -0.05) is 36.1 Å². The molecule has 0 aliphatic carbocycles. The van der Waals surface area contributed by atoms with E-state index >= 15 is 0 Å². The summed E-state index contributed by atoms with van der Waals surface area (Å²) in [5.74, 6) is 1.24. The second kappa shape index (κ2) is 10.6. The van der Waals surface area contributed by atoms with Crippen LogP contribution in [0.15, 0.2) is 73.3 Å². The van der Waals surface area contributed by atoms with E-state index in [-0.39, 0.29) is 12.2 Å². The fourth-order valence-corrected chi connectivity index (χ4v) is 3.84. The van der Waals surface area contributed by atoms with E-state index in [2.05, 4.69) is 18.4 Å². The molecule has 0 saturated carbocycles. The van der Waals surface area contributed by atoms with Crippen molar-refractivity contribution in [3.63, 3.8) is 0 Å². The highest BCUT2D eigenvalue weighted by Crippen LogP contribution is 2.21. The minimum atomic E-state index is -0.987. The van der Waals surface area contributed by atoms with Crippen LogP contribution in [0.25, 0.3) is 10.8 Å². The highest BCUT2D eigenvalue weighted by Gasteiger charge is 2.11. The number of rotatable bonds is 6. The second-order valence-corrected chi connectivity index (χ2v) is 8.27. The van der Waals surface area contributed by atoms with Crippen LogP contribution in [0.1, 0.15) is 34.2 Å². The van der Waals surface area contributed by atoms with Gasteiger partial charge < -0.3 is 0 Å². The van der Waals surface area contributed by atoms with Gasteiger partial charge in [-0.15, -0.1) is 6.58 Å². The Morgan fingerprint density at radius 2 is 1.29 bits per heavy atom. The molecule has 5 heteroatoms. The highest BCUT2D eigenvalue weighted by atomic mass is 19.2. The average molecular weight is 476 g/mol. The molecule has 0 saturated heterocycles. The summed E-state index contributed by atoms with van der Waals surface area (Å²) >= 11 is 0. The zero-order valence-electron chi connectivity index (χ0n) is 18.8. The molecule has 0 atom stereocenters. The summed E-state index contributed by atoms with van der Waals surface area (Å²) in [6, 6.07) is 14.2. The zero-order valence-corrected chi connectivity index (χ0v) is 18.8. The first-order valence-corrected chi connectivity index (χ1v) is 11.1. The van der Waals surface area contributed by atoms with Crippen LogP contribution >= 0.6 is 0 Å². The van der Waals surface area contributed by atoms with Gasteiger partial charge >= 0.3 is 0 Å². The molecule has 0 heterocycles. The Balaban J connectivity index is 1.50. The maximum absolute atomic E-state index is 14.6. The van der Waals surface area contributed by atoms with Gasteiger partial charge in [0.15, 0.2) is 11.6 Å². The lowest BCUT2D eigenvalue weighted by Gasteiger charge is -2.07. The van der Waals surface area contributed by atoms with Crippen molar-refractivity contribution in [1.29, 1.82) is 0 Å². The molecule has 0 bridgehead atoms. The third-order valence-electron chi connectivity index (χ3n) is 5.75. The first-order valence-electron chi connectivity index (χ1n) is 11.1. The van der Waals surface area contributed by atoms with E-state index in [4.69, 9.17) is 0 Å². The predicted molar refractivity (Wildman–Crippen MR) is 129 cm³/mol. The number of fused-ring (bicyclic) bond motifs is 1. The molecular weight excluding hydrogens is 455 g/mol. The lowest BCUT2D eigenvalue weighted by atomic mass is 10.00. The average Bonchev–Trinajstić information content (AvgIpc) is 2.82. The number of benzene rings is 4. The molecule has 0 unspecified atom stereocenters. The van der Waals surface area contributed by atoms with Crippen LogP contribution in [0.5, 0.6) is 0 Å². The Hall–Kier alpha value is -3.91. The fraction of sp³-hybridized carbons (Fsp3) is 0.133. The van der Waals surface area contributed by atoms with Gasteiger partial charge in [-0.25, -0.2) is 22.0 Å². The maximum atomic E-state index is 14.6. The quantitative estimate of drug-likeness (QED) is 0.151. The van der Waals surface area contributed by atoms with E-state index < -0.39 is 28.8 Å². The van der Waals surface area contributed by atoms with Gasteiger partial charge in [0, 0.05) is 5.56 Å². The lowest BCUT2D eigenvalue weighted by Crippen LogP contribution is -1.99. The van der Waals surface area contributed by atoms with Crippen LogP contribution in [0.2, 0.25) is 0 Å². The second-order valence-electron chi connectivity index (χ2n) is 8.27. The Kier molecular flexibility index (Phi) is 7.31. The lowest BCUT2D eigenvalue weighted by molar-refractivity contribution is 0.511. The van der Waals surface area contributed by atoms with E-state index in [0.29, 0.717) is 40.3 Å². The molecule has 35 heavy (non-hydrogen) atoms. The van der Waals surface area contributed by atoms with Gasteiger partial charge in [-0.3, -0.25) is 0 Å². The first-order chi connectivity index (χ1) is 16.8. The topological polar surface area (TPSA) is 0 Å². The van der Waals surface area contributed by atoms with E-state index in [9.17, 15) is 22.0 Å². The summed E-state index contributed by atoms with van der Waals surface area (Å²) in [6.07, 6.45) is 3.79. The predicted octanol–water partition coefficient (Wildman–Crippen LogP) is 7.84. The van der Waals surface area contributed by atoms with Gasteiger partial charge in [0.2, 0.25) is 0 Å². The van der Waals surface area contributed by atoms with Gasteiger partial charge in [0.25, 0.3) is 0 Å². The van der Waals surface area contributed by atoms with Crippen LogP contribution in [-0.2, 0) is 19.3 Å². The minimum Gasteiger partial charge on any atom is -0.207 e. The van der Waals surface area contributed by atoms with Crippen molar-refractivity contribution in [2.24, 2.45) is 0 Å². The molecule has 0 spiro atoms. The van der Waals surface area contributed by atoms with Crippen molar-refractivity contribution in [1.82, 2.24) is 0 Å². The van der Waals surface area contributed by atoms with Crippen molar-refractivity contribution >= 4 is 10.8 Å². The molecule has 4 aromatic rings. The van der Waals surface area contributed by atoms with Crippen LogP contribution < -0.4 is 0 Å². The monoisotopic (exact) mass is 476 g/mol. The summed E-state index contributed by atoms with van der Waals surface area (Å²) in [5, 5.41) is 0.909. The normalized spacial score (nSPS) is 10.8. The van der Waals surface area contributed by atoms with Crippen molar-refractivity contribution in [2.75, 3.05) is 0 Å². The number of hydrogen-bond acceptors (Lipinski definition) is 0. The van der Waals surface area contributed by atoms with Crippen LogP contribution in [-0.4, -0.2) is 0 Å². The van der Waals surface area contributed by atoms with Gasteiger partial charge in [-0.2, -0.15) is 0 Å². The molecule has 4 rings (SSSR count). The van der Waals surface area contributed by atoms with Gasteiger partial charge in [-0.05, 0) is 95.6 Å². The number of halogens is 5. The Morgan fingerprint density at radius 3 is 1.97 bits per heavy atom. The summed E-state index contributed by atoms with van der Waals surface area (Å²) in [4.78, 5) is 0. The highest BCUT2D eigenvalue weighted by molar-refractivity contribution is 5.84. The third kappa shape index (κ3) is 5.78. The van der Waals surface area contributed by atoms with E-state index in [0.717, 1.165) is 24.1 Å². The van der Waals surface area contributed by atoms with Crippen LogP contribution in [0.3, 0.4) is 0 Å². The van der Waals surface area contributed by atoms with E-state index in [1.54, 1.807) is 24.3 Å². The molecule has 0 fully saturated rings. The zero-order chi connectivity index (χ0) is 24.9. The summed E-state index contributed by atoms with van der Waals surface area (Å²) < 4.78 is 70.5. The fourth-order valence-electron chi connectivity index (χ4n) is 3.84. The van der Waals surface area contributed by atoms with Crippen molar-refractivity contribution in [3.05, 3.63) is 130 Å². The summed E-state index contributed by atoms with van der Waals surface area (Å²) in [5.41, 5.74) is 1.75. The molecule has 0 aliphatic heterocycles. The van der Waals surface area contributed by atoms with Gasteiger partial charge in [0.05, 0.1) is 5.56 Å². The van der Waals surface area contributed by atoms with Crippen LogP contribution in [0, 0.1) is 40.9 Å². The van der Waals surface area contributed by atoms with Crippen molar-refractivity contribution in [3.8, 4) is 11.8 Å². The largest absolute Gasteiger partial charge is 0.207 e. The maximum Gasteiger partial charge on any atom is 0.159 e. The minimum absolute atomic E-state index is 0.261. The molecule has 0 nitrogen and oxygen atoms in total. The van der Waals surface area contributed by atoms with Crippen molar-refractivity contribution in [2.45, 2.75) is 25.7 Å². The SMILES string of the molecule is C=CCCc1ccc(CCc2cc(F)c(C#Cc3ccc4cc(F)c(F)cc4c3)c(F)c2)c(F)c1. The molecule has 0 aromatic heterocycles. The first kappa shape index (κ1) is 24.2. The number of aryl methyl sites for hydroxylation is 3. The smallest absolute Gasteiger partial charge is 0.159 e. The Morgan fingerprint density at radius 1 is 0.600 bits per heavy atom. The summed E-state index contributed by atoms with van der Waals surface area (Å²) in [6.45, 7) is 3.66. The molecule has 0 amide bonds. The molecule has 0 N–H and O–H groups in total. The molecule has 4 aromatic carbocycles. The van der Waals surface area contributed by atoms with E-state index in [1.165, 1.54) is 24.3 Å². The number of hydrogen-bond donors (Lipinski definition) is 0. The van der Waals surface area contributed by atoms with Gasteiger partial charge in [0.1, 0.15) is 17.5 Å². The Bertz CT molecular complexity index is 1450. The molecule has 0 aliphatic rings. The molecule has 0 radical (unpaired) electrons. The van der Waals surface area contributed by atoms with E-state index in [1.807, 2.05) is 6.07 Å².